The predicted molar refractivity (Wildman–Crippen MR) is 234 cm³/mol. The molecule has 0 amide bonds. The average Bonchev–Trinajstić information content (AvgIpc) is 3.77. The lowest BCUT2D eigenvalue weighted by atomic mass is 9.69. The maximum absolute atomic E-state index is 14.6. The normalized spacial score (nSPS) is 46.7. The topological polar surface area (TPSA) is 158 Å². The van der Waals surface area contributed by atoms with Crippen LogP contribution < -0.4 is 5.32 Å². The summed E-state index contributed by atoms with van der Waals surface area (Å²) in [5.41, 5.74) is -2.90. The highest BCUT2D eigenvalue weighted by Gasteiger charge is 2.56. The minimum absolute atomic E-state index is 0.0455. The standard InChI is InChI=1S/C43H69ClN4O10S2/c1-23-13-16-32(49)43(7,58-37-18-15-30(48(10)11)26(4)55-37)33(50)21-35-46-42(6,40(53-12)60(35)52)39-45-28(22-59-39)38(51)57-34-20-31(27(19-23)24(2)41(34,5)44)56-36-17-14-29(47(8)9)25(3)54-36/h19,21,24-32,34,36-37,40,46,49H,13-18,20,22H2,1-12H3/b23-19-,35-21?/t24-,25-,26-,27-,28+,29+,30+,31-,32-,34-,36+,37+,40+,41+,42+,43-,60?/m1/s1. The van der Waals surface area contributed by atoms with E-state index in [2.05, 4.69) is 49.1 Å². The number of carbonyl (C=O) groups excluding carboxylic acids is 2. The Morgan fingerprint density at radius 2 is 1.60 bits per heavy atom. The Bertz CT molecular complexity index is 1710. The molecule has 6 bridgehead atoms. The lowest BCUT2D eigenvalue weighted by molar-refractivity contribution is -0.260. The van der Waals surface area contributed by atoms with Crippen molar-refractivity contribution >= 4 is 51.0 Å². The minimum atomic E-state index is -1.85. The number of nitrogens with one attached hydrogen (secondary N) is 1. The molecular weight excluding hydrogens is 832 g/mol. The van der Waals surface area contributed by atoms with Crippen LogP contribution in [0.3, 0.4) is 0 Å². The fourth-order valence-electron chi connectivity index (χ4n) is 9.92. The van der Waals surface area contributed by atoms with Gasteiger partial charge in [-0.05, 0) is 108 Å². The summed E-state index contributed by atoms with van der Waals surface area (Å²) < 4.78 is 52.4. The maximum atomic E-state index is 14.6. The Kier molecular flexibility index (Phi) is 15.2. The molecular formula is C43H69ClN4O10S2. The number of allylic oxidation sites excluding steroid dienone is 1. The monoisotopic (exact) mass is 900 g/mol. The van der Waals surface area contributed by atoms with Crippen LogP contribution in [0.15, 0.2) is 27.7 Å². The van der Waals surface area contributed by atoms with E-state index in [1.165, 1.54) is 24.9 Å². The van der Waals surface area contributed by atoms with Gasteiger partial charge >= 0.3 is 5.97 Å². The van der Waals surface area contributed by atoms with Gasteiger partial charge in [-0.2, -0.15) is 0 Å². The summed E-state index contributed by atoms with van der Waals surface area (Å²) in [6.45, 7) is 13.4. The van der Waals surface area contributed by atoms with Crippen LogP contribution in [0.4, 0.5) is 0 Å². The highest BCUT2D eigenvalue weighted by Crippen LogP contribution is 2.48. The molecule has 1 unspecified atom stereocenters. The second-order valence-electron chi connectivity index (χ2n) is 18.7. The summed E-state index contributed by atoms with van der Waals surface area (Å²) in [5.74, 6) is -1.18. The average molecular weight is 902 g/mol. The van der Waals surface area contributed by atoms with Crippen LogP contribution in [-0.2, 0) is 48.8 Å². The first kappa shape index (κ1) is 48.0. The van der Waals surface area contributed by atoms with Crippen LogP contribution in [0.2, 0.25) is 0 Å². The van der Waals surface area contributed by atoms with E-state index in [0.29, 0.717) is 36.5 Å². The molecule has 17 heteroatoms. The number of ketones is 1. The Balaban J connectivity index is 1.37. The number of halogens is 1. The molecule has 6 aliphatic heterocycles. The van der Waals surface area contributed by atoms with Crippen molar-refractivity contribution in [1.29, 1.82) is 0 Å². The second-order valence-corrected chi connectivity index (χ2v) is 22.0. The van der Waals surface area contributed by atoms with Crippen molar-refractivity contribution in [3.8, 4) is 0 Å². The van der Waals surface area contributed by atoms with Gasteiger partial charge in [-0.15, -0.1) is 23.4 Å². The number of esters is 1. The van der Waals surface area contributed by atoms with Gasteiger partial charge in [0.2, 0.25) is 0 Å². The molecule has 14 nitrogen and oxygen atoms in total. The number of methoxy groups -OCH3 is 1. The highest BCUT2D eigenvalue weighted by molar-refractivity contribution is 8.14. The Labute approximate surface area is 368 Å². The van der Waals surface area contributed by atoms with Crippen molar-refractivity contribution in [2.24, 2.45) is 16.8 Å². The van der Waals surface area contributed by atoms with Gasteiger partial charge < -0.3 is 48.6 Å². The fraction of sp³-hybridized carbons (Fsp3) is 0.837. The number of likely N-dealkylation sites (N-methyl/N-ethyl adjacent to an activating group) is 2. The van der Waals surface area contributed by atoms with Crippen molar-refractivity contribution in [2.45, 2.75) is 176 Å². The maximum Gasteiger partial charge on any atom is 0.332 e. The fourth-order valence-corrected chi connectivity index (χ4v) is 13.0. The molecule has 6 heterocycles. The third-order valence-corrected chi connectivity index (χ3v) is 17.6. The smallest absolute Gasteiger partial charge is 0.332 e. The number of rotatable bonds is 7. The Morgan fingerprint density at radius 1 is 0.983 bits per heavy atom. The number of ether oxygens (including phenoxy) is 6. The van der Waals surface area contributed by atoms with Crippen molar-refractivity contribution in [1.82, 2.24) is 15.1 Å². The van der Waals surface area contributed by atoms with Crippen LogP contribution >= 0.6 is 23.4 Å². The number of nitrogens with zero attached hydrogens (tertiary/aromatic N) is 3. The van der Waals surface area contributed by atoms with Crippen LogP contribution in [-0.4, -0.2) is 160 Å². The molecule has 1 aliphatic carbocycles. The highest BCUT2D eigenvalue weighted by atomic mass is 35.5. The Hall–Kier alpha value is -1.44. The summed E-state index contributed by atoms with van der Waals surface area (Å²) in [4.78, 5) is 36.8. The molecule has 3 saturated heterocycles. The number of alkyl halides is 1. The molecule has 60 heavy (non-hydrogen) atoms. The number of carbonyl (C=O) groups is 2. The molecule has 0 spiro atoms. The van der Waals surface area contributed by atoms with E-state index < -0.39 is 80.9 Å². The first-order chi connectivity index (χ1) is 28.1. The van der Waals surface area contributed by atoms with Crippen LogP contribution in [0.1, 0.15) is 93.4 Å². The predicted octanol–water partition coefficient (Wildman–Crippen LogP) is 4.73. The van der Waals surface area contributed by atoms with Gasteiger partial charge in [0.15, 0.2) is 35.4 Å². The van der Waals surface area contributed by atoms with Gasteiger partial charge in [0.25, 0.3) is 0 Å². The SMILES string of the molecule is CO[C@H]1S(=O)C2=CC(=O)[C@](C)(O[C@H]3CC[C@H](N(C)C)[C@@H](C)O3)[C@H](O)CC/C(C)=C\[C@@H]3[C@@H](C)[C@](C)(Cl)[C@@H](C[C@H]3O[C@H]3CC[C@H](N(C)C)[C@@H](C)O3)OC(=O)[C@@H]3CSC(=N3)[C@]1(C)N2. The number of fused-ring (bicyclic) bond motifs is 9. The van der Waals surface area contributed by atoms with E-state index in [-0.39, 0.29) is 47.6 Å². The van der Waals surface area contributed by atoms with Gasteiger partial charge in [0.1, 0.15) is 27.5 Å². The minimum Gasteiger partial charge on any atom is -0.459 e. The van der Waals surface area contributed by atoms with E-state index in [1.807, 2.05) is 34.9 Å². The quantitative estimate of drug-likeness (QED) is 0.205. The molecule has 0 aromatic carbocycles. The number of thioether (sulfide) groups is 1. The van der Waals surface area contributed by atoms with Gasteiger partial charge in [-0.25, -0.2) is 9.00 Å². The van der Waals surface area contributed by atoms with Crippen LogP contribution in [0.5, 0.6) is 0 Å². The molecule has 2 N–H and O–H groups in total. The van der Waals surface area contributed by atoms with E-state index in [4.69, 9.17) is 45.0 Å². The number of hydrogen-bond donors (Lipinski definition) is 2. The van der Waals surface area contributed by atoms with E-state index >= 15 is 0 Å². The zero-order valence-electron chi connectivity index (χ0n) is 37.5. The molecule has 0 radical (unpaired) electrons. The van der Waals surface area contributed by atoms with Gasteiger partial charge in [-0.3, -0.25) is 9.79 Å². The van der Waals surface area contributed by atoms with E-state index in [9.17, 15) is 18.9 Å². The largest absolute Gasteiger partial charge is 0.459 e. The first-order valence-electron chi connectivity index (χ1n) is 21.5. The van der Waals surface area contributed by atoms with Crippen molar-refractivity contribution in [3.63, 3.8) is 0 Å². The second kappa shape index (κ2) is 19.0. The van der Waals surface area contributed by atoms with Crippen molar-refractivity contribution in [2.75, 3.05) is 41.1 Å². The lowest BCUT2D eigenvalue weighted by Crippen LogP contribution is -2.56. The summed E-state index contributed by atoms with van der Waals surface area (Å²) in [5, 5.41) is 16.0. The van der Waals surface area contributed by atoms with Gasteiger partial charge in [0, 0.05) is 49.8 Å². The van der Waals surface area contributed by atoms with Crippen molar-refractivity contribution < 1.29 is 47.3 Å². The van der Waals surface area contributed by atoms with Crippen LogP contribution in [0, 0.1) is 11.8 Å². The third-order valence-electron chi connectivity index (χ3n) is 14.0. The van der Waals surface area contributed by atoms with Gasteiger partial charge in [0.05, 0.1) is 34.3 Å². The number of aliphatic hydroxyl groups is 1. The number of aliphatic hydroxyl groups excluding tert-OH is 1. The molecule has 4 fully saturated rings. The molecule has 7 rings (SSSR count). The zero-order valence-corrected chi connectivity index (χ0v) is 39.9. The lowest BCUT2D eigenvalue weighted by Gasteiger charge is -2.49. The molecule has 0 aromatic heterocycles. The first-order valence-corrected chi connectivity index (χ1v) is 24.1. The zero-order chi connectivity index (χ0) is 44.1. The molecule has 17 atom stereocenters. The third kappa shape index (κ3) is 9.64. The summed E-state index contributed by atoms with van der Waals surface area (Å²) in [7, 11) is 7.73. The number of hydrogen-bond acceptors (Lipinski definition) is 15. The molecule has 0 aromatic rings. The van der Waals surface area contributed by atoms with Crippen molar-refractivity contribution in [3.05, 3.63) is 22.8 Å². The number of aliphatic imine (C=N–C) groups is 1. The summed E-state index contributed by atoms with van der Waals surface area (Å²) in [6.07, 6.45) is 3.47. The molecule has 340 valence electrons. The van der Waals surface area contributed by atoms with Crippen LogP contribution in [0.25, 0.3) is 0 Å². The Morgan fingerprint density at radius 3 is 2.20 bits per heavy atom. The summed E-state index contributed by atoms with van der Waals surface area (Å²) >= 11 is 8.80. The molecule has 7 aliphatic rings. The van der Waals surface area contributed by atoms with E-state index in [0.717, 1.165) is 18.4 Å². The van der Waals surface area contributed by atoms with Gasteiger partial charge in [-0.1, -0.05) is 18.6 Å². The van der Waals surface area contributed by atoms with E-state index in [1.54, 1.807) is 13.8 Å². The molecule has 1 saturated carbocycles. The summed E-state index contributed by atoms with van der Waals surface area (Å²) in [6, 6.07) is -0.414.